The zero-order valence-corrected chi connectivity index (χ0v) is 30.4. The van der Waals surface area contributed by atoms with Crippen molar-refractivity contribution in [1.29, 1.82) is 0 Å². The summed E-state index contributed by atoms with van der Waals surface area (Å²) >= 11 is 0. The van der Waals surface area contributed by atoms with Crippen LogP contribution < -0.4 is 0 Å². The first-order chi connectivity index (χ1) is 27.8. The molecule has 0 bridgehead atoms. The quantitative estimate of drug-likeness (QED) is 0.172. The van der Waals surface area contributed by atoms with Crippen LogP contribution in [0.2, 0.25) is 0 Å². The van der Waals surface area contributed by atoms with Crippen LogP contribution in [0.15, 0.2) is 206 Å². The molecule has 0 aliphatic heterocycles. The highest BCUT2D eigenvalue weighted by Gasteiger charge is 2.15. The summed E-state index contributed by atoms with van der Waals surface area (Å²) in [5.41, 5.74) is 14.2. The highest BCUT2D eigenvalue weighted by atomic mass is 15.0. The molecule has 3 aromatic heterocycles. The Morgan fingerprint density at radius 2 is 0.589 bits per heavy atom. The maximum Gasteiger partial charge on any atom is 0.160 e. The van der Waals surface area contributed by atoms with E-state index in [-0.39, 0.29) is 0 Å². The van der Waals surface area contributed by atoms with E-state index in [9.17, 15) is 0 Å². The van der Waals surface area contributed by atoms with Crippen LogP contribution in [0.5, 0.6) is 0 Å². The summed E-state index contributed by atoms with van der Waals surface area (Å²) in [6, 6.07) is 73.1. The summed E-state index contributed by atoms with van der Waals surface area (Å²) in [4.78, 5) is 10.2. The van der Waals surface area contributed by atoms with Gasteiger partial charge in [-0.25, -0.2) is 9.97 Å². The summed E-state index contributed by atoms with van der Waals surface area (Å²) in [6.07, 6.45) is 0. The Labute approximate surface area is 324 Å². The van der Waals surface area contributed by atoms with Crippen molar-refractivity contribution in [2.75, 3.05) is 0 Å². The normalized spacial score (nSPS) is 11.6. The summed E-state index contributed by atoms with van der Waals surface area (Å²) in [5, 5.41) is 5.04. The van der Waals surface area contributed by atoms with E-state index < -0.39 is 0 Å². The molecule has 0 fully saturated rings. The molecule has 11 rings (SSSR count). The number of benzene rings is 8. The van der Waals surface area contributed by atoms with E-state index in [2.05, 4.69) is 197 Å². The van der Waals surface area contributed by atoms with Gasteiger partial charge in [0.2, 0.25) is 0 Å². The zero-order valence-electron chi connectivity index (χ0n) is 30.4. The molecule has 262 valence electrons. The molecule has 0 saturated carbocycles. The first-order valence-electron chi connectivity index (χ1n) is 19.0. The largest absolute Gasteiger partial charge is 0.309 e. The Bertz CT molecular complexity index is 3100. The summed E-state index contributed by atoms with van der Waals surface area (Å²) in [5.74, 6) is 0.703. The fourth-order valence-corrected chi connectivity index (χ4v) is 8.28. The third-order valence-corrected chi connectivity index (χ3v) is 11.0. The van der Waals surface area contributed by atoms with Crippen LogP contribution in [-0.2, 0) is 0 Å². The van der Waals surface area contributed by atoms with E-state index in [4.69, 9.17) is 9.97 Å². The molecule has 11 aromatic rings. The van der Waals surface area contributed by atoms with Crippen molar-refractivity contribution in [3.63, 3.8) is 0 Å². The Balaban J connectivity index is 0.940. The molecule has 3 heterocycles. The number of fused-ring (bicyclic) bond motifs is 6. The van der Waals surface area contributed by atoms with Gasteiger partial charge < -0.3 is 9.13 Å². The SMILES string of the molecule is c1ccc(-c2nc(-c3ccc(-c4ccc(-n5c6ccccc6c6ccccc65)cc4)cc3)cc(-c3ccc(-n4c5ccccc5c5ccccc54)cc3)n2)cc1. The molecular formula is C52H34N4. The van der Waals surface area contributed by atoms with Crippen LogP contribution >= 0.6 is 0 Å². The van der Waals surface area contributed by atoms with Crippen LogP contribution in [0, 0.1) is 0 Å². The van der Waals surface area contributed by atoms with Gasteiger partial charge in [0.1, 0.15) is 0 Å². The van der Waals surface area contributed by atoms with E-state index >= 15 is 0 Å². The van der Waals surface area contributed by atoms with Crippen LogP contribution in [0.1, 0.15) is 0 Å². The van der Waals surface area contributed by atoms with E-state index in [0.29, 0.717) is 5.82 Å². The van der Waals surface area contributed by atoms with Crippen molar-refractivity contribution < 1.29 is 0 Å². The first-order valence-corrected chi connectivity index (χ1v) is 19.0. The van der Waals surface area contributed by atoms with Crippen LogP contribution in [0.25, 0.3) is 100 Å². The molecule has 4 nitrogen and oxygen atoms in total. The maximum atomic E-state index is 5.10. The second kappa shape index (κ2) is 13.1. The topological polar surface area (TPSA) is 35.6 Å². The van der Waals surface area contributed by atoms with E-state index in [1.165, 1.54) is 43.6 Å². The molecule has 0 spiro atoms. The van der Waals surface area contributed by atoms with Crippen LogP contribution in [0.3, 0.4) is 0 Å². The Morgan fingerprint density at radius 3 is 1.00 bits per heavy atom. The fraction of sp³-hybridized carbons (Fsp3) is 0. The standard InChI is InChI=1S/C52H34N4/c1-2-12-39(13-3-1)52-53-46(34-47(54-52)38-28-32-41(33-29-38)56-50-20-10-6-16-44(50)45-17-7-11-21-51(45)56)37-24-22-35(23-25-37)36-26-30-40(31-27-36)55-48-18-8-4-14-42(48)43-15-5-9-19-49(43)55/h1-34H. The predicted molar refractivity (Wildman–Crippen MR) is 232 cm³/mol. The second-order valence-electron chi connectivity index (χ2n) is 14.2. The third-order valence-electron chi connectivity index (χ3n) is 11.0. The average molecular weight is 715 g/mol. The van der Waals surface area contributed by atoms with Gasteiger partial charge in [-0.1, -0.05) is 152 Å². The Kier molecular flexibility index (Phi) is 7.46. The lowest BCUT2D eigenvalue weighted by molar-refractivity contribution is 1.17. The maximum absolute atomic E-state index is 5.10. The molecule has 56 heavy (non-hydrogen) atoms. The highest BCUT2D eigenvalue weighted by molar-refractivity contribution is 6.10. The summed E-state index contributed by atoms with van der Waals surface area (Å²) in [7, 11) is 0. The van der Waals surface area contributed by atoms with Gasteiger partial charge >= 0.3 is 0 Å². The van der Waals surface area contributed by atoms with E-state index in [0.717, 1.165) is 50.6 Å². The minimum atomic E-state index is 0.703. The molecule has 4 heteroatoms. The van der Waals surface area contributed by atoms with Crippen molar-refractivity contribution in [1.82, 2.24) is 19.1 Å². The number of rotatable bonds is 6. The van der Waals surface area contributed by atoms with Crippen molar-refractivity contribution in [3.05, 3.63) is 206 Å². The van der Waals surface area contributed by atoms with Crippen molar-refractivity contribution in [2.24, 2.45) is 0 Å². The van der Waals surface area contributed by atoms with E-state index in [1.807, 2.05) is 18.2 Å². The number of para-hydroxylation sites is 4. The van der Waals surface area contributed by atoms with Gasteiger partial charge in [0, 0.05) is 49.6 Å². The van der Waals surface area contributed by atoms with Gasteiger partial charge in [0.15, 0.2) is 5.82 Å². The number of aromatic nitrogens is 4. The summed E-state index contributed by atoms with van der Waals surface area (Å²) < 4.78 is 4.70. The van der Waals surface area contributed by atoms with Gasteiger partial charge in [-0.3, -0.25) is 0 Å². The lowest BCUT2D eigenvalue weighted by atomic mass is 10.0. The average Bonchev–Trinajstić information content (AvgIpc) is 3.80. The van der Waals surface area contributed by atoms with Crippen molar-refractivity contribution in [3.8, 4) is 56.4 Å². The van der Waals surface area contributed by atoms with Gasteiger partial charge in [0.25, 0.3) is 0 Å². The molecule has 8 aromatic carbocycles. The highest BCUT2D eigenvalue weighted by Crippen LogP contribution is 2.35. The third kappa shape index (κ3) is 5.31. The first kappa shape index (κ1) is 31.9. The zero-order chi connectivity index (χ0) is 37.0. The molecule has 0 N–H and O–H groups in total. The number of nitrogens with zero attached hydrogens (tertiary/aromatic N) is 4. The second-order valence-corrected chi connectivity index (χ2v) is 14.2. The van der Waals surface area contributed by atoms with Crippen LogP contribution in [-0.4, -0.2) is 19.1 Å². The Hall–Kier alpha value is -7.56. The van der Waals surface area contributed by atoms with Gasteiger partial charge in [-0.15, -0.1) is 0 Å². The van der Waals surface area contributed by atoms with Gasteiger partial charge in [0.05, 0.1) is 33.5 Å². The smallest absolute Gasteiger partial charge is 0.160 e. The Morgan fingerprint density at radius 1 is 0.268 bits per heavy atom. The van der Waals surface area contributed by atoms with Gasteiger partial charge in [-0.05, 0) is 65.7 Å². The monoisotopic (exact) mass is 714 g/mol. The van der Waals surface area contributed by atoms with Gasteiger partial charge in [-0.2, -0.15) is 0 Å². The van der Waals surface area contributed by atoms with E-state index in [1.54, 1.807) is 0 Å². The van der Waals surface area contributed by atoms with Crippen molar-refractivity contribution >= 4 is 43.6 Å². The molecule has 0 radical (unpaired) electrons. The minimum absolute atomic E-state index is 0.703. The fourth-order valence-electron chi connectivity index (χ4n) is 8.28. The molecule has 0 atom stereocenters. The molecule has 0 saturated heterocycles. The number of hydrogen-bond donors (Lipinski definition) is 0. The summed E-state index contributed by atoms with van der Waals surface area (Å²) in [6.45, 7) is 0. The molecular weight excluding hydrogens is 681 g/mol. The predicted octanol–water partition coefficient (Wildman–Crippen LogP) is 13.3. The molecule has 0 aliphatic rings. The number of hydrogen-bond acceptors (Lipinski definition) is 2. The lowest BCUT2D eigenvalue weighted by Crippen LogP contribution is -1.97. The molecule has 0 amide bonds. The molecule has 0 unspecified atom stereocenters. The lowest BCUT2D eigenvalue weighted by Gasteiger charge is -2.12. The van der Waals surface area contributed by atoms with Crippen molar-refractivity contribution in [2.45, 2.75) is 0 Å². The van der Waals surface area contributed by atoms with Crippen LogP contribution in [0.4, 0.5) is 0 Å². The molecule has 0 aliphatic carbocycles. The minimum Gasteiger partial charge on any atom is -0.309 e.